The summed E-state index contributed by atoms with van der Waals surface area (Å²) in [6, 6.07) is 4.15. The second kappa shape index (κ2) is 7.97. The second-order valence-electron chi connectivity index (χ2n) is 6.30. The van der Waals surface area contributed by atoms with Gasteiger partial charge in [-0.05, 0) is 37.3 Å². The number of carbonyl (C=O) groups excluding carboxylic acids is 1. The highest BCUT2D eigenvalue weighted by Crippen LogP contribution is 2.39. The summed E-state index contributed by atoms with van der Waals surface area (Å²) in [5.41, 5.74) is -0.827. The Morgan fingerprint density at radius 2 is 1.73 bits per heavy atom. The van der Waals surface area contributed by atoms with E-state index < -0.39 is 59.2 Å². The quantitative estimate of drug-likeness (QED) is 0.626. The fraction of sp³-hybridized carbons (Fsp3) is 0.294. The average Bonchev–Trinajstić information content (AvgIpc) is 2.60. The Bertz CT molecular complexity index is 926. The highest BCUT2D eigenvalue weighted by atomic mass is 19.4. The number of hydrogen-bond donors (Lipinski definition) is 3. The van der Waals surface area contributed by atoms with Gasteiger partial charge in [0.05, 0.1) is 23.5 Å². The summed E-state index contributed by atoms with van der Waals surface area (Å²) in [5, 5.41) is 10.9. The number of pyridine rings is 1. The lowest BCUT2D eigenvalue weighted by Gasteiger charge is -2.26. The number of nitrogens with one attached hydrogen (secondary N) is 1. The van der Waals surface area contributed by atoms with Crippen LogP contribution in [0.2, 0.25) is 0 Å². The van der Waals surface area contributed by atoms with Gasteiger partial charge in [-0.1, -0.05) is 0 Å². The zero-order valence-electron chi connectivity index (χ0n) is 15.0. The molecule has 1 atom stereocenters. The summed E-state index contributed by atoms with van der Waals surface area (Å²) in [6.07, 6.45) is -11.5. The first-order valence-electron chi connectivity index (χ1n) is 8.00. The highest BCUT2D eigenvalue weighted by Gasteiger charge is 2.50. The summed E-state index contributed by atoms with van der Waals surface area (Å²) in [7, 11) is 0. The third-order valence-electron chi connectivity index (χ3n) is 3.82. The number of hydrogen-bond acceptors (Lipinski definition) is 5. The minimum atomic E-state index is -5.07. The van der Waals surface area contributed by atoms with E-state index in [1.807, 2.05) is 0 Å². The number of nitrogens with zero attached hydrogens (tertiary/aromatic N) is 1. The fourth-order valence-electron chi connectivity index (χ4n) is 2.11. The summed E-state index contributed by atoms with van der Waals surface area (Å²) < 4.78 is 95.4. The molecule has 0 bridgehead atoms. The number of anilines is 1. The van der Waals surface area contributed by atoms with E-state index in [0.29, 0.717) is 13.0 Å². The maximum absolute atomic E-state index is 13.3. The average molecular weight is 441 g/mol. The molecule has 164 valence electrons. The molecule has 4 N–H and O–H groups in total. The minimum absolute atomic E-state index is 0.186. The first kappa shape index (κ1) is 23.2. The molecule has 13 heteroatoms. The molecular weight excluding hydrogens is 427 g/mol. The van der Waals surface area contributed by atoms with Crippen LogP contribution in [0.25, 0.3) is 11.3 Å². The third-order valence-corrected chi connectivity index (χ3v) is 3.82. The van der Waals surface area contributed by atoms with Gasteiger partial charge >= 0.3 is 18.4 Å². The van der Waals surface area contributed by atoms with Gasteiger partial charge in [0, 0.05) is 5.56 Å². The lowest BCUT2D eigenvalue weighted by molar-refractivity contribution is -0.249. The van der Waals surface area contributed by atoms with Crippen LogP contribution in [0.5, 0.6) is 5.88 Å². The number of amides is 1. The van der Waals surface area contributed by atoms with Crippen LogP contribution in [0.4, 0.5) is 41.2 Å². The monoisotopic (exact) mass is 441 g/mol. The lowest BCUT2D eigenvalue weighted by Crippen LogP contribution is -2.51. The van der Waals surface area contributed by atoms with Gasteiger partial charge in [-0.3, -0.25) is 0 Å². The van der Waals surface area contributed by atoms with E-state index in [1.165, 1.54) is 0 Å². The number of alkyl halides is 6. The number of rotatable bonds is 4. The van der Waals surface area contributed by atoms with Gasteiger partial charge in [-0.25, -0.2) is 14.2 Å². The van der Waals surface area contributed by atoms with E-state index in [4.69, 9.17) is 5.73 Å². The van der Waals surface area contributed by atoms with Crippen LogP contribution in [0.1, 0.15) is 12.5 Å². The van der Waals surface area contributed by atoms with Crippen LogP contribution in [-0.2, 0) is 6.18 Å². The van der Waals surface area contributed by atoms with Gasteiger partial charge in [0.15, 0.2) is 5.60 Å². The van der Waals surface area contributed by atoms with Crippen molar-refractivity contribution < 1.29 is 45.4 Å². The highest BCUT2D eigenvalue weighted by molar-refractivity contribution is 5.74. The third kappa shape index (κ3) is 5.28. The molecule has 30 heavy (non-hydrogen) atoms. The summed E-state index contributed by atoms with van der Waals surface area (Å²) >= 11 is 0. The summed E-state index contributed by atoms with van der Waals surface area (Å²) in [5.74, 6) is -1.55. The van der Waals surface area contributed by atoms with Crippen molar-refractivity contribution >= 4 is 11.8 Å². The Balaban J connectivity index is 2.34. The Labute approximate surface area is 164 Å². The van der Waals surface area contributed by atoms with E-state index in [-0.39, 0.29) is 5.56 Å². The van der Waals surface area contributed by atoms with Gasteiger partial charge in [-0.2, -0.15) is 26.3 Å². The predicted molar refractivity (Wildman–Crippen MR) is 89.8 cm³/mol. The fourth-order valence-corrected chi connectivity index (χ4v) is 2.11. The number of halogens is 7. The van der Waals surface area contributed by atoms with Crippen molar-refractivity contribution in [3.05, 3.63) is 41.7 Å². The molecule has 6 nitrogen and oxygen atoms in total. The van der Waals surface area contributed by atoms with Crippen molar-refractivity contribution in [2.75, 3.05) is 12.3 Å². The van der Waals surface area contributed by atoms with Crippen molar-refractivity contribution in [1.29, 1.82) is 0 Å². The van der Waals surface area contributed by atoms with Crippen LogP contribution >= 0.6 is 0 Å². The minimum Gasteiger partial charge on any atom is -0.394 e. The molecule has 0 spiro atoms. The van der Waals surface area contributed by atoms with Crippen LogP contribution in [0.3, 0.4) is 0 Å². The smallest absolute Gasteiger partial charge is 0.394 e. The van der Waals surface area contributed by atoms with Crippen molar-refractivity contribution in [1.82, 2.24) is 10.3 Å². The number of nitrogens with two attached hydrogens (primary N) is 1. The molecule has 0 saturated carbocycles. The largest absolute Gasteiger partial charge is 0.418 e. The van der Waals surface area contributed by atoms with Gasteiger partial charge in [0.2, 0.25) is 5.88 Å². The summed E-state index contributed by atoms with van der Waals surface area (Å²) in [4.78, 5) is 15.3. The SMILES string of the molecule is C[C@](O)(CNC(=O)Oc1nc(-c2ccc(F)cc2)c(C(F)(F)F)cc1N)C(F)(F)F. The van der Waals surface area contributed by atoms with Gasteiger partial charge in [0.25, 0.3) is 0 Å². The zero-order chi connectivity index (χ0) is 22.9. The number of aliphatic hydroxyl groups is 1. The maximum atomic E-state index is 13.3. The molecule has 2 rings (SSSR count). The van der Waals surface area contributed by atoms with Gasteiger partial charge < -0.3 is 20.9 Å². The molecule has 0 aliphatic carbocycles. The number of aromatic nitrogens is 1. The van der Waals surface area contributed by atoms with Gasteiger partial charge in [0.1, 0.15) is 5.82 Å². The zero-order valence-corrected chi connectivity index (χ0v) is 15.0. The molecule has 0 aliphatic rings. The Kier molecular flexibility index (Phi) is 6.16. The number of carbonyl (C=O) groups is 1. The van der Waals surface area contributed by atoms with Crippen LogP contribution in [0.15, 0.2) is 30.3 Å². The first-order valence-corrected chi connectivity index (χ1v) is 8.00. The first-order chi connectivity index (χ1) is 13.6. The number of ether oxygens (including phenoxy) is 1. The van der Waals surface area contributed by atoms with Crippen LogP contribution in [0, 0.1) is 5.82 Å². The van der Waals surface area contributed by atoms with E-state index in [1.54, 1.807) is 5.32 Å². The van der Waals surface area contributed by atoms with E-state index >= 15 is 0 Å². The molecule has 1 aromatic carbocycles. The van der Waals surface area contributed by atoms with Crippen molar-refractivity contribution in [2.24, 2.45) is 0 Å². The molecule has 1 heterocycles. The Morgan fingerprint density at radius 3 is 2.23 bits per heavy atom. The Hall–Kier alpha value is -3.09. The number of nitrogen functional groups attached to an aromatic ring is 1. The second-order valence-corrected chi connectivity index (χ2v) is 6.30. The molecule has 2 aromatic rings. The van der Waals surface area contributed by atoms with E-state index in [0.717, 1.165) is 24.3 Å². The summed E-state index contributed by atoms with van der Waals surface area (Å²) in [6.45, 7) is -0.911. The topological polar surface area (TPSA) is 97.5 Å². The van der Waals surface area contributed by atoms with Crippen LogP contribution in [-0.4, -0.2) is 34.5 Å². The molecule has 1 amide bonds. The molecule has 1 aromatic heterocycles. The van der Waals surface area contributed by atoms with Crippen LogP contribution < -0.4 is 15.8 Å². The van der Waals surface area contributed by atoms with E-state index in [9.17, 15) is 40.6 Å². The molecule has 0 fully saturated rings. The standard InChI is InChI=1S/C17H14F7N3O3/c1-15(29,17(22,23)24)7-26-14(28)30-13-11(25)6-10(16(19,20)21)12(27-13)8-2-4-9(18)5-3-8/h2-6,29H,7,25H2,1H3,(H,26,28)/t15-/m0/s1. The van der Waals surface area contributed by atoms with Crippen molar-refractivity contribution in [2.45, 2.75) is 24.9 Å². The lowest BCUT2D eigenvalue weighted by atomic mass is 10.0. The van der Waals surface area contributed by atoms with Crippen molar-refractivity contribution in [3.63, 3.8) is 0 Å². The molecule has 0 unspecified atom stereocenters. The Morgan fingerprint density at radius 1 is 1.17 bits per heavy atom. The molecule has 0 radical (unpaired) electrons. The van der Waals surface area contributed by atoms with E-state index in [2.05, 4.69) is 9.72 Å². The van der Waals surface area contributed by atoms with Crippen molar-refractivity contribution in [3.8, 4) is 17.1 Å². The molecular formula is C17H14F7N3O3. The normalized spacial score (nSPS) is 14.2. The number of benzene rings is 1. The van der Waals surface area contributed by atoms with Gasteiger partial charge in [-0.15, -0.1) is 0 Å². The molecule has 0 saturated heterocycles. The predicted octanol–water partition coefficient (Wildman–Crippen LogP) is 3.89. The molecule has 0 aliphatic heterocycles. The maximum Gasteiger partial charge on any atom is 0.418 e.